The topological polar surface area (TPSA) is 0 Å². The minimum absolute atomic E-state index is 0. The molecule has 0 aliphatic rings. The summed E-state index contributed by atoms with van der Waals surface area (Å²) in [7, 11) is 0. The van der Waals surface area contributed by atoms with E-state index in [1.807, 2.05) is 0 Å². The number of fused-ring (bicyclic) bond motifs is 5. The van der Waals surface area contributed by atoms with Gasteiger partial charge in [0.15, 0.2) is 0 Å². The molecule has 8 aromatic carbocycles. The number of hydrogen-bond donors (Lipinski definition) is 0. The van der Waals surface area contributed by atoms with Gasteiger partial charge in [-0.1, -0.05) is 137 Å². The van der Waals surface area contributed by atoms with E-state index in [1.165, 1.54) is 70.9 Å². The van der Waals surface area contributed by atoms with Gasteiger partial charge in [-0.25, -0.2) is 0 Å². The molecule has 0 N–H and O–H groups in total. The molecule has 0 aromatic heterocycles. The molecular formula is C48H50Cl2SiZr. The van der Waals surface area contributed by atoms with Crippen LogP contribution in [0.15, 0.2) is 146 Å². The second kappa shape index (κ2) is 17.3. The number of halogens is 2. The fourth-order valence-corrected chi connectivity index (χ4v) is 8.57. The molecule has 0 fully saturated rings. The van der Waals surface area contributed by atoms with Crippen molar-refractivity contribution in [1.29, 1.82) is 0 Å². The van der Waals surface area contributed by atoms with Crippen LogP contribution >= 0.6 is 24.8 Å². The van der Waals surface area contributed by atoms with E-state index >= 15 is 0 Å². The fraction of sp³-hybridized carbons (Fsp3) is 0.208. The van der Waals surface area contributed by atoms with Crippen LogP contribution in [0.5, 0.6) is 0 Å². The van der Waals surface area contributed by atoms with Gasteiger partial charge in [-0.05, 0) is 34.1 Å². The normalized spacial score (nSPS) is 11.3. The third-order valence-electron chi connectivity index (χ3n) is 9.71. The van der Waals surface area contributed by atoms with Crippen molar-refractivity contribution in [2.24, 2.45) is 0 Å². The van der Waals surface area contributed by atoms with Gasteiger partial charge < -0.3 is 0 Å². The molecule has 0 heterocycles. The summed E-state index contributed by atoms with van der Waals surface area (Å²) in [5.74, 6) is 0. The van der Waals surface area contributed by atoms with Gasteiger partial charge in [0, 0.05) is 0 Å². The average Bonchev–Trinajstić information content (AvgIpc) is 3.70. The Morgan fingerprint density at radius 1 is 0.500 bits per heavy atom. The number of rotatable bonds is 2. The van der Waals surface area contributed by atoms with Crippen molar-refractivity contribution in [3.63, 3.8) is 0 Å². The van der Waals surface area contributed by atoms with Crippen LogP contribution < -0.4 is 5.19 Å². The Balaban J connectivity index is 0.000000184. The Morgan fingerprint density at radius 2 is 1.02 bits per heavy atom. The molecule has 52 heavy (non-hydrogen) atoms. The predicted molar refractivity (Wildman–Crippen MR) is 234 cm³/mol. The Morgan fingerprint density at radius 3 is 1.54 bits per heavy atom. The second-order valence-electron chi connectivity index (χ2n) is 15.6. The van der Waals surface area contributed by atoms with Crippen molar-refractivity contribution < 1.29 is 23.3 Å². The SMILES string of the molecule is CC(C)(C)c1ccc2c(c1)[cH-]c1cc(C(C)(C)C)ccc12.C[Si](=[Zr+2])c1ccccc1.Cc1ccc(-c2cc3ccccc3[cH-]2)c2ccccc12.Cl.Cl. The van der Waals surface area contributed by atoms with E-state index < -0.39 is 0 Å². The number of hydrogen-bond acceptors (Lipinski definition) is 0. The molecular weight excluding hydrogens is 767 g/mol. The zero-order valence-corrected chi connectivity index (χ0v) is 36.8. The van der Waals surface area contributed by atoms with Crippen LogP contribution in [0.2, 0.25) is 6.55 Å². The molecule has 8 rings (SSSR count). The third kappa shape index (κ3) is 9.45. The van der Waals surface area contributed by atoms with E-state index in [2.05, 4.69) is 201 Å². The van der Waals surface area contributed by atoms with Gasteiger partial charge >= 0.3 is 70.8 Å². The third-order valence-corrected chi connectivity index (χ3v) is 13.0. The van der Waals surface area contributed by atoms with Crippen LogP contribution in [0.1, 0.15) is 58.2 Å². The molecule has 0 nitrogen and oxygen atoms in total. The van der Waals surface area contributed by atoms with Gasteiger partial charge in [0.1, 0.15) is 0 Å². The summed E-state index contributed by atoms with van der Waals surface area (Å²) < 4.78 is 0. The molecule has 0 bridgehead atoms. The summed E-state index contributed by atoms with van der Waals surface area (Å²) >= 11 is 1.69. The maximum atomic E-state index is 2.35. The molecule has 8 aromatic rings. The van der Waals surface area contributed by atoms with Crippen molar-refractivity contribution >= 4 is 78.5 Å². The first-order valence-electron chi connectivity index (χ1n) is 17.7. The van der Waals surface area contributed by atoms with Crippen LogP contribution in [-0.2, 0) is 34.2 Å². The Bertz CT molecular complexity index is 2330. The maximum absolute atomic E-state index is 2.35. The van der Waals surface area contributed by atoms with Crippen molar-refractivity contribution in [2.75, 3.05) is 0 Å². The summed E-state index contributed by atoms with van der Waals surface area (Å²) in [6.45, 7) is 18.2. The minimum atomic E-state index is -0.122. The van der Waals surface area contributed by atoms with E-state index in [-0.39, 0.29) is 41.1 Å². The predicted octanol–water partition coefficient (Wildman–Crippen LogP) is 13.9. The van der Waals surface area contributed by atoms with E-state index in [0.717, 1.165) is 0 Å². The molecule has 0 atom stereocenters. The standard InChI is InChI=1S/C21H25.C20H15.C7H8Si.2ClH.Zr/c1-20(2,3)16-7-9-18-14(12-16)11-15-13-17(21(4,5)6)8-10-19(15)18;1-14-10-11-19(20-9-5-4-8-18(14)20)17-12-15-6-2-3-7-16(15)13-17;1-8-7-5-3-2-4-6-7;;;/h7-13H,1-6H3;2-13H,1H3;2-6H,1H3;2*1H;/q2*-1;;;;+2. The quantitative estimate of drug-likeness (QED) is 0.120. The van der Waals surface area contributed by atoms with Crippen molar-refractivity contribution in [1.82, 2.24) is 0 Å². The van der Waals surface area contributed by atoms with Crippen LogP contribution in [0.4, 0.5) is 0 Å². The summed E-state index contributed by atoms with van der Waals surface area (Å²) in [4.78, 5) is 0. The Kier molecular flexibility index (Phi) is 13.8. The zero-order valence-electron chi connectivity index (χ0n) is 31.7. The maximum Gasteiger partial charge on any atom is -0.0224 e. The molecule has 0 unspecified atom stereocenters. The summed E-state index contributed by atoms with van der Waals surface area (Å²) in [6, 6.07) is 53.2. The van der Waals surface area contributed by atoms with Crippen LogP contribution in [0.3, 0.4) is 0 Å². The molecule has 0 aliphatic heterocycles. The molecule has 4 heteroatoms. The van der Waals surface area contributed by atoms with Gasteiger partial charge in [0.2, 0.25) is 0 Å². The van der Waals surface area contributed by atoms with Gasteiger partial charge in [-0.15, -0.1) is 99.1 Å². The molecule has 0 aliphatic carbocycles. The van der Waals surface area contributed by atoms with E-state index in [0.29, 0.717) is 0 Å². The van der Waals surface area contributed by atoms with Crippen molar-refractivity contribution in [3.8, 4) is 11.1 Å². The Hall–Kier alpha value is -3.26. The molecule has 0 radical (unpaired) electrons. The van der Waals surface area contributed by atoms with Gasteiger partial charge in [0.05, 0.1) is 0 Å². The molecule has 0 spiro atoms. The van der Waals surface area contributed by atoms with Gasteiger partial charge in [-0.3, -0.25) is 0 Å². The second-order valence-corrected chi connectivity index (χ2v) is 22.9. The van der Waals surface area contributed by atoms with E-state index in [9.17, 15) is 0 Å². The Labute approximate surface area is 338 Å². The number of aryl methyl sites for hydroxylation is 1. The van der Waals surface area contributed by atoms with Crippen LogP contribution in [0.25, 0.3) is 54.2 Å². The summed E-state index contributed by atoms with van der Waals surface area (Å²) in [6.07, 6.45) is 0. The first-order chi connectivity index (χ1) is 23.8. The summed E-state index contributed by atoms with van der Waals surface area (Å²) in [5, 5.41) is 12.3. The van der Waals surface area contributed by atoms with Gasteiger partial charge in [0.25, 0.3) is 0 Å². The first kappa shape index (κ1) is 41.5. The van der Waals surface area contributed by atoms with Crippen LogP contribution in [-0.4, -0.2) is 5.43 Å². The minimum Gasteiger partial charge on any atom is -0.147 e. The van der Waals surface area contributed by atoms with E-state index in [1.54, 1.807) is 28.5 Å². The number of benzene rings is 6. The first-order valence-corrected chi connectivity index (χ1v) is 23.4. The monoisotopic (exact) mass is 814 g/mol. The average molecular weight is 817 g/mol. The molecule has 0 amide bonds. The molecule has 0 saturated carbocycles. The largest absolute Gasteiger partial charge is 0.147 e. The van der Waals surface area contributed by atoms with Crippen molar-refractivity contribution in [2.45, 2.75) is 65.8 Å². The van der Waals surface area contributed by atoms with Crippen LogP contribution in [0, 0.1) is 6.92 Å². The van der Waals surface area contributed by atoms with Crippen molar-refractivity contribution in [3.05, 3.63) is 162 Å². The summed E-state index contributed by atoms with van der Waals surface area (Å²) in [5.41, 5.74) is 7.05. The molecule has 264 valence electrons. The zero-order chi connectivity index (χ0) is 35.6. The smallest absolute Gasteiger partial charge is 0.0224 e. The van der Waals surface area contributed by atoms with Gasteiger partial charge in [-0.2, -0.15) is 0 Å². The molecule has 0 saturated heterocycles. The van der Waals surface area contributed by atoms with E-state index in [4.69, 9.17) is 0 Å². The fourth-order valence-electron chi connectivity index (χ4n) is 6.65.